The van der Waals surface area contributed by atoms with E-state index < -0.39 is 0 Å². The minimum atomic E-state index is 0.0774. The van der Waals surface area contributed by atoms with Gasteiger partial charge in [0, 0.05) is 11.8 Å². The van der Waals surface area contributed by atoms with E-state index in [9.17, 15) is 4.79 Å². The van der Waals surface area contributed by atoms with Crippen LogP contribution in [0.2, 0.25) is 0 Å². The average molecular weight is 308 g/mol. The Balaban J connectivity index is 1.74. The number of hydrogen-bond acceptors (Lipinski definition) is 4. The van der Waals surface area contributed by atoms with Gasteiger partial charge in [0.1, 0.15) is 0 Å². The number of nitrogens with one attached hydrogen (secondary N) is 1. The molecule has 1 N–H and O–H groups in total. The molecule has 0 saturated carbocycles. The fourth-order valence-electron chi connectivity index (χ4n) is 1.94. The number of carbonyl (C=O) groups excluding carboxylic acids is 1. The van der Waals surface area contributed by atoms with Gasteiger partial charge in [0.25, 0.3) is 0 Å². The van der Waals surface area contributed by atoms with Crippen molar-refractivity contribution in [1.29, 1.82) is 0 Å². The van der Waals surface area contributed by atoms with Gasteiger partial charge in [-0.3, -0.25) is 4.79 Å². The van der Waals surface area contributed by atoms with Gasteiger partial charge in [-0.1, -0.05) is 38.7 Å². The summed E-state index contributed by atoms with van der Waals surface area (Å²) < 4.78 is 0. The first-order chi connectivity index (χ1) is 9.79. The summed E-state index contributed by atoms with van der Waals surface area (Å²) >= 11 is 3.15. The van der Waals surface area contributed by atoms with Crippen molar-refractivity contribution in [1.82, 2.24) is 4.98 Å². The number of unbranched alkanes of at least 4 members (excludes halogenated alkanes) is 4. The molecule has 108 valence electrons. The van der Waals surface area contributed by atoms with Crippen molar-refractivity contribution in [2.75, 3.05) is 5.32 Å². The third-order valence-electron chi connectivity index (χ3n) is 3.03. The van der Waals surface area contributed by atoms with Crippen LogP contribution in [0.5, 0.6) is 0 Å². The van der Waals surface area contributed by atoms with E-state index in [0.717, 1.165) is 23.4 Å². The Kier molecular flexibility index (Phi) is 6.21. The molecule has 3 nitrogen and oxygen atoms in total. The van der Waals surface area contributed by atoms with Crippen LogP contribution in [0.1, 0.15) is 45.4 Å². The number of carbonyl (C=O) groups is 1. The van der Waals surface area contributed by atoms with Crippen molar-refractivity contribution in [2.24, 2.45) is 0 Å². The zero-order valence-corrected chi connectivity index (χ0v) is 13.4. The number of hydrogen-bond donors (Lipinski definition) is 1. The lowest BCUT2D eigenvalue weighted by Gasteiger charge is -2.01. The molecule has 0 unspecified atom stereocenters. The number of anilines is 1. The van der Waals surface area contributed by atoms with Crippen LogP contribution in [0.25, 0.3) is 10.6 Å². The maximum atomic E-state index is 11.8. The summed E-state index contributed by atoms with van der Waals surface area (Å²) in [7, 11) is 0. The molecule has 0 aliphatic rings. The van der Waals surface area contributed by atoms with Gasteiger partial charge in [0.05, 0.1) is 10.6 Å². The van der Waals surface area contributed by atoms with Crippen LogP contribution in [0.4, 0.5) is 5.13 Å². The Morgan fingerprint density at radius 3 is 2.85 bits per heavy atom. The van der Waals surface area contributed by atoms with Gasteiger partial charge < -0.3 is 5.32 Å². The summed E-state index contributed by atoms with van der Waals surface area (Å²) in [6.07, 6.45) is 6.42. The smallest absolute Gasteiger partial charge is 0.226 e. The minimum Gasteiger partial charge on any atom is -0.302 e. The van der Waals surface area contributed by atoms with Crippen LogP contribution in [0.3, 0.4) is 0 Å². The van der Waals surface area contributed by atoms with E-state index in [1.165, 1.54) is 30.6 Å². The number of amides is 1. The van der Waals surface area contributed by atoms with Crippen LogP contribution in [0, 0.1) is 0 Å². The highest BCUT2D eigenvalue weighted by atomic mass is 32.1. The quantitative estimate of drug-likeness (QED) is 0.683. The molecule has 0 atom stereocenters. The number of thiophene rings is 1. The van der Waals surface area contributed by atoms with Gasteiger partial charge in [0.2, 0.25) is 5.91 Å². The van der Waals surface area contributed by atoms with Crippen LogP contribution in [0.15, 0.2) is 22.9 Å². The molecule has 0 aliphatic carbocycles. The lowest BCUT2D eigenvalue weighted by atomic mass is 10.1. The molecule has 0 spiro atoms. The van der Waals surface area contributed by atoms with Crippen LogP contribution >= 0.6 is 22.7 Å². The van der Waals surface area contributed by atoms with E-state index >= 15 is 0 Å². The zero-order valence-electron chi connectivity index (χ0n) is 11.7. The topological polar surface area (TPSA) is 42.0 Å². The fourth-order valence-corrected chi connectivity index (χ4v) is 3.43. The van der Waals surface area contributed by atoms with Crippen LogP contribution in [-0.2, 0) is 4.79 Å². The van der Waals surface area contributed by atoms with Crippen LogP contribution in [-0.4, -0.2) is 10.9 Å². The second kappa shape index (κ2) is 8.17. The van der Waals surface area contributed by atoms with Crippen molar-refractivity contribution in [2.45, 2.75) is 45.4 Å². The molecule has 2 rings (SSSR count). The van der Waals surface area contributed by atoms with E-state index in [0.29, 0.717) is 11.6 Å². The van der Waals surface area contributed by atoms with Crippen molar-refractivity contribution in [3.05, 3.63) is 22.9 Å². The van der Waals surface area contributed by atoms with Gasteiger partial charge in [-0.2, -0.15) is 0 Å². The molecule has 0 bridgehead atoms. The Labute approximate surface area is 128 Å². The molecular formula is C15H20N2OS2. The first-order valence-electron chi connectivity index (χ1n) is 7.09. The fraction of sp³-hybridized carbons (Fsp3) is 0.467. The molecule has 0 aliphatic heterocycles. The molecule has 5 heteroatoms. The van der Waals surface area contributed by atoms with E-state index in [-0.39, 0.29) is 5.91 Å². The standard InChI is InChI=1S/C15H20N2OS2/c1-2-3-4-5-6-9-14(18)17-15-16-12(11-20-15)13-8-7-10-19-13/h7-8,10-11H,2-6,9H2,1H3,(H,16,17,18). The Morgan fingerprint density at radius 2 is 2.10 bits per heavy atom. The number of thiazole rings is 1. The van der Waals surface area contributed by atoms with Gasteiger partial charge >= 0.3 is 0 Å². The van der Waals surface area contributed by atoms with Gasteiger partial charge in [-0.15, -0.1) is 22.7 Å². The second-order valence-electron chi connectivity index (χ2n) is 4.73. The summed E-state index contributed by atoms with van der Waals surface area (Å²) in [5, 5.41) is 7.61. The van der Waals surface area contributed by atoms with Gasteiger partial charge in [-0.25, -0.2) is 4.98 Å². The number of nitrogens with zero attached hydrogens (tertiary/aromatic N) is 1. The van der Waals surface area contributed by atoms with Crippen molar-refractivity contribution in [3.8, 4) is 10.6 Å². The number of rotatable bonds is 8. The Hall–Kier alpha value is -1.20. The van der Waals surface area contributed by atoms with E-state index in [2.05, 4.69) is 17.2 Å². The van der Waals surface area contributed by atoms with Gasteiger partial charge in [0.15, 0.2) is 5.13 Å². The molecule has 0 saturated heterocycles. The maximum Gasteiger partial charge on any atom is 0.226 e. The predicted octanol–water partition coefficient (Wildman–Crippen LogP) is 5.17. The molecular weight excluding hydrogens is 288 g/mol. The van der Waals surface area contributed by atoms with E-state index in [4.69, 9.17) is 0 Å². The second-order valence-corrected chi connectivity index (χ2v) is 6.53. The average Bonchev–Trinajstić information content (AvgIpc) is 3.08. The summed E-state index contributed by atoms with van der Waals surface area (Å²) in [5.74, 6) is 0.0774. The molecule has 2 aromatic rings. The van der Waals surface area contributed by atoms with Gasteiger partial charge in [-0.05, 0) is 17.9 Å². The first kappa shape index (κ1) is 15.2. The minimum absolute atomic E-state index is 0.0774. The van der Waals surface area contributed by atoms with E-state index in [1.807, 2.05) is 22.9 Å². The molecule has 0 radical (unpaired) electrons. The predicted molar refractivity (Wildman–Crippen MR) is 87.4 cm³/mol. The van der Waals surface area contributed by atoms with E-state index in [1.54, 1.807) is 11.3 Å². The third-order valence-corrected chi connectivity index (χ3v) is 4.68. The summed E-state index contributed by atoms with van der Waals surface area (Å²) in [6, 6.07) is 4.05. The molecule has 0 aromatic carbocycles. The van der Waals surface area contributed by atoms with Crippen molar-refractivity contribution in [3.63, 3.8) is 0 Å². The molecule has 2 aromatic heterocycles. The highest BCUT2D eigenvalue weighted by Crippen LogP contribution is 2.28. The SMILES string of the molecule is CCCCCCCC(=O)Nc1nc(-c2cccs2)cs1. The van der Waals surface area contributed by atoms with Crippen LogP contribution < -0.4 is 5.32 Å². The molecule has 2 heterocycles. The first-order valence-corrected chi connectivity index (χ1v) is 8.84. The summed E-state index contributed by atoms with van der Waals surface area (Å²) in [4.78, 5) is 17.4. The third kappa shape index (κ3) is 4.72. The zero-order chi connectivity index (χ0) is 14.2. The highest BCUT2D eigenvalue weighted by molar-refractivity contribution is 7.16. The normalized spacial score (nSPS) is 10.7. The maximum absolute atomic E-state index is 11.8. The largest absolute Gasteiger partial charge is 0.302 e. The molecule has 20 heavy (non-hydrogen) atoms. The Bertz CT molecular complexity index is 520. The molecule has 0 fully saturated rings. The lowest BCUT2D eigenvalue weighted by Crippen LogP contribution is -2.10. The molecule has 1 amide bonds. The highest BCUT2D eigenvalue weighted by Gasteiger charge is 2.08. The van der Waals surface area contributed by atoms with Crippen molar-refractivity contribution < 1.29 is 4.79 Å². The number of aromatic nitrogens is 1. The lowest BCUT2D eigenvalue weighted by molar-refractivity contribution is -0.116. The van der Waals surface area contributed by atoms with Crippen molar-refractivity contribution >= 4 is 33.7 Å². The monoisotopic (exact) mass is 308 g/mol. The summed E-state index contributed by atoms with van der Waals surface area (Å²) in [5.41, 5.74) is 0.947. The Morgan fingerprint density at radius 1 is 1.25 bits per heavy atom. The summed E-state index contributed by atoms with van der Waals surface area (Å²) in [6.45, 7) is 2.19.